The third-order valence-electron chi connectivity index (χ3n) is 2.21. The molecule has 0 aliphatic rings. The Hall–Kier alpha value is -1.77. The van der Waals surface area contributed by atoms with Crippen molar-refractivity contribution in [2.45, 2.75) is 6.10 Å². The predicted molar refractivity (Wildman–Crippen MR) is 64.8 cm³/mol. The van der Waals surface area contributed by atoms with E-state index in [-0.39, 0.29) is 17.7 Å². The number of hydrazine groups is 1. The van der Waals surface area contributed by atoms with Crippen LogP contribution in [0.5, 0.6) is 0 Å². The van der Waals surface area contributed by atoms with Gasteiger partial charge in [-0.3, -0.25) is 4.79 Å². The molecule has 1 rings (SSSR count). The Morgan fingerprint density at radius 2 is 2.22 bits per heavy atom. The first kappa shape index (κ1) is 14.3. The number of nitrogen functional groups attached to an aromatic ring is 1. The average molecular weight is 255 g/mol. The second-order valence-electron chi connectivity index (χ2n) is 3.45. The zero-order valence-electron chi connectivity index (χ0n) is 10.3. The molecule has 0 aliphatic carbocycles. The Morgan fingerprint density at radius 1 is 1.44 bits per heavy atom. The lowest BCUT2D eigenvalue weighted by Gasteiger charge is -2.14. The molecule has 0 aliphatic heterocycles. The summed E-state index contributed by atoms with van der Waals surface area (Å²) in [5.74, 6) is 5.20. The van der Waals surface area contributed by atoms with E-state index < -0.39 is 0 Å². The van der Waals surface area contributed by atoms with Crippen LogP contribution in [0.3, 0.4) is 0 Å². The Labute approximate surface area is 105 Å². The van der Waals surface area contributed by atoms with Gasteiger partial charge in [0.1, 0.15) is 5.69 Å². The molecule has 1 aromatic rings. The molecule has 0 spiro atoms. The highest BCUT2D eigenvalue weighted by atomic mass is 16.5. The first-order valence-electron chi connectivity index (χ1n) is 5.29. The van der Waals surface area contributed by atoms with Gasteiger partial charge in [-0.1, -0.05) is 0 Å². The van der Waals surface area contributed by atoms with E-state index in [4.69, 9.17) is 15.3 Å². The molecule has 1 unspecified atom stereocenters. The molecule has 0 fully saturated rings. The molecule has 0 saturated carbocycles. The average Bonchev–Trinajstić information content (AvgIpc) is 2.43. The van der Waals surface area contributed by atoms with Crippen molar-refractivity contribution in [2.75, 3.05) is 32.8 Å². The molecule has 0 bridgehead atoms. The third-order valence-corrected chi connectivity index (χ3v) is 2.21. The fourth-order valence-electron chi connectivity index (χ4n) is 1.21. The monoisotopic (exact) mass is 255 g/mol. The van der Waals surface area contributed by atoms with Crippen molar-refractivity contribution in [3.63, 3.8) is 0 Å². The van der Waals surface area contributed by atoms with Crippen molar-refractivity contribution in [3.05, 3.63) is 18.1 Å². The summed E-state index contributed by atoms with van der Waals surface area (Å²) in [5, 5.41) is 2.67. The quantitative estimate of drug-likeness (QED) is 0.430. The van der Waals surface area contributed by atoms with Gasteiger partial charge in [-0.15, -0.1) is 0 Å². The van der Waals surface area contributed by atoms with Gasteiger partial charge in [0.2, 0.25) is 0 Å². The molecule has 1 amide bonds. The van der Waals surface area contributed by atoms with Crippen LogP contribution in [0.1, 0.15) is 10.5 Å². The van der Waals surface area contributed by atoms with Crippen LogP contribution in [0.25, 0.3) is 0 Å². The summed E-state index contributed by atoms with van der Waals surface area (Å²) in [6.45, 7) is 0.736. The number of carbonyl (C=O) groups is 1. The van der Waals surface area contributed by atoms with Crippen LogP contribution in [0.15, 0.2) is 12.4 Å². The van der Waals surface area contributed by atoms with Gasteiger partial charge in [0.15, 0.2) is 5.82 Å². The molecule has 0 radical (unpaired) electrons. The molecule has 18 heavy (non-hydrogen) atoms. The van der Waals surface area contributed by atoms with Crippen LogP contribution >= 0.6 is 0 Å². The maximum atomic E-state index is 11.7. The second kappa shape index (κ2) is 7.54. The molecule has 0 saturated heterocycles. The molecular weight excluding hydrogens is 238 g/mol. The van der Waals surface area contributed by atoms with E-state index in [1.807, 2.05) is 0 Å². The molecule has 8 nitrogen and oxygen atoms in total. The van der Waals surface area contributed by atoms with Crippen molar-refractivity contribution in [2.24, 2.45) is 5.84 Å². The molecule has 1 aromatic heterocycles. The molecule has 0 aromatic carbocycles. The van der Waals surface area contributed by atoms with Gasteiger partial charge in [-0.25, -0.2) is 15.8 Å². The summed E-state index contributed by atoms with van der Waals surface area (Å²) >= 11 is 0. The Kier molecular flexibility index (Phi) is 5.98. The van der Waals surface area contributed by atoms with Crippen LogP contribution in [-0.4, -0.2) is 49.4 Å². The summed E-state index contributed by atoms with van der Waals surface area (Å²) in [7, 11) is 3.12. The minimum absolute atomic E-state index is 0.197. The Bertz CT molecular complexity index is 370. The highest BCUT2D eigenvalue weighted by molar-refractivity contribution is 5.92. The smallest absolute Gasteiger partial charge is 0.271 e. The topological polar surface area (TPSA) is 111 Å². The summed E-state index contributed by atoms with van der Waals surface area (Å²) in [4.78, 5) is 19.5. The van der Waals surface area contributed by atoms with Crippen molar-refractivity contribution in [1.29, 1.82) is 0 Å². The van der Waals surface area contributed by atoms with Crippen molar-refractivity contribution < 1.29 is 14.3 Å². The van der Waals surface area contributed by atoms with Crippen LogP contribution in [0, 0.1) is 0 Å². The van der Waals surface area contributed by atoms with E-state index in [0.29, 0.717) is 19.0 Å². The standard InChI is InChI=1S/C10H17N5O3/c1-17-6-7(18-2)3-14-10(16)8-4-13-9(15-11)5-12-8/h4-5,7H,3,6,11H2,1-2H3,(H,13,15)(H,14,16). The number of hydrogen-bond acceptors (Lipinski definition) is 7. The molecule has 100 valence electrons. The number of amides is 1. The van der Waals surface area contributed by atoms with Crippen molar-refractivity contribution >= 4 is 11.7 Å². The zero-order valence-corrected chi connectivity index (χ0v) is 10.3. The van der Waals surface area contributed by atoms with Gasteiger partial charge in [-0.2, -0.15) is 0 Å². The number of aromatic nitrogens is 2. The summed E-state index contributed by atoms with van der Waals surface area (Å²) in [5.41, 5.74) is 2.54. The van der Waals surface area contributed by atoms with Gasteiger partial charge >= 0.3 is 0 Å². The van der Waals surface area contributed by atoms with Gasteiger partial charge in [-0.05, 0) is 0 Å². The largest absolute Gasteiger partial charge is 0.382 e. The van der Waals surface area contributed by atoms with Crippen LogP contribution in [0.4, 0.5) is 5.82 Å². The lowest BCUT2D eigenvalue weighted by atomic mass is 10.3. The number of nitrogens with one attached hydrogen (secondary N) is 2. The van der Waals surface area contributed by atoms with Crippen LogP contribution in [0.2, 0.25) is 0 Å². The van der Waals surface area contributed by atoms with Crippen LogP contribution in [-0.2, 0) is 9.47 Å². The number of hydrogen-bond donors (Lipinski definition) is 3. The number of anilines is 1. The maximum Gasteiger partial charge on any atom is 0.271 e. The van der Waals surface area contributed by atoms with Crippen LogP contribution < -0.4 is 16.6 Å². The molecule has 4 N–H and O–H groups in total. The fourth-order valence-corrected chi connectivity index (χ4v) is 1.21. The summed E-state index contributed by atoms with van der Waals surface area (Å²) in [6.07, 6.45) is 2.51. The lowest BCUT2D eigenvalue weighted by molar-refractivity contribution is 0.0285. The first-order valence-corrected chi connectivity index (χ1v) is 5.29. The molecule has 8 heteroatoms. The number of carbonyl (C=O) groups excluding carboxylic acids is 1. The fraction of sp³-hybridized carbons (Fsp3) is 0.500. The highest BCUT2D eigenvalue weighted by Crippen LogP contribution is 1.99. The first-order chi connectivity index (χ1) is 8.71. The number of methoxy groups -OCH3 is 2. The Morgan fingerprint density at radius 3 is 2.72 bits per heavy atom. The van der Waals surface area contributed by atoms with E-state index >= 15 is 0 Å². The highest BCUT2D eigenvalue weighted by Gasteiger charge is 2.11. The van der Waals surface area contributed by atoms with E-state index in [9.17, 15) is 4.79 Å². The van der Waals surface area contributed by atoms with E-state index in [1.165, 1.54) is 12.4 Å². The minimum atomic E-state index is -0.329. The van der Waals surface area contributed by atoms with E-state index in [0.717, 1.165) is 0 Å². The number of rotatable bonds is 7. The summed E-state index contributed by atoms with van der Waals surface area (Å²) in [6, 6.07) is 0. The Balaban J connectivity index is 2.48. The van der Waals surface area contributed by atoms with E-state index in [1.54, 1.807) is 14.2 Å². The maximum absolute atomic E-state index is 11.7. The molecular formula is C10H17N5O3. The number of nitrogens with zero attached hydrogens (tertiary/aromatic N) is 2. The van der Waals surface area contributed by atoms with Gasteiger partial charge in [0.25, 0.3) is 5.91 Å². The van der Waals surface area contributed by atoms with Gasteiger partial charge in [0, 0.05) is 20.8 Å². The van der Waals surface area contributed by atoms with Crippen molar-refractivity contribution in [3.8, 4) is 0 Å². The van der Waals surface area contributed by atoms with Gasteiger partial charge in [0.05, 0.1) is 25.1 Å². The summed E-state index contributed by atoms with van der Waals surface area (Å²) < 4.78 is 10.0. The third kappa shape index (κ3) is 4.24. The normalized spacial score (nSPS) is 11.9. The second-order valence-corrected chi connectivity index (χ2v) is 3.45. The number of ether oxygens (including phenoxy) is 2. The lowest BCUT2D eigenvalue weighted by Crippen LogP contribution is -2.36. The predicted octanol–water partition coefficient (Wildman–Crippen LogP) is -0.847. The number of nitrogens with two attached hydrogens (primary N) is 1. The minimum Gasteiger partial charge on any atom is -0.382 e. The zero-order chi connectivity index (χ0) is 13.4. The van der Waals surface area contributed by atoms with E-state index in [2.05, 4.69) is 20.7 Å². The SMILES string of the molecule is COCC(CNC(=O)c1cnc(NN)cn1)OC. The molecule has 1 atom stereocenters. The van der Waals surface area contributed by atoms with Gasteiger partial charge < -0.3 is 20.2 Å². The van der Waals surface area contributed by atoms with Crippen molar-refractivity contribution in [1.82, 2.24) is 15.3 Å². The molecule has 1 heterocycles.